The number of benzene rings is 1. The van der Waals surface area contributed by atoms with Gasteiger partial charge in [-0.15, -0.1) is 0 Å². The van der Waals surface area contributed by atoms with Crippen LogP contribution in [0.5, 0.6) is 11.5 Å². The monoisotopic (exact) mass is 316 g/mol. The van der Waals surface area contributed by atoms with E-state index in [0.717, 1.165) is 31.6 Å². The minimum Gasteiger partial charge on any atom is -0.486 e. The lowest BCUT2D eigenvalue weighted by molar-refractivity contribution is -0.134. The Morgan fingerprint density at radius 2 is 1.83 bits per heavy atom. The van der Waals surface area contributed by atoms with Crippen LogP contribution in [0.3, 0.4) is 0 Å². The Morgan fingerprint density at radius 1 is 1.09 bits per heavy atom. The summed E-state index contributed by atoms with van der Waals surface area (Å²) in [5.41, 5.74) is 0.774. The highest BCUT2D eigenvalue weighted by atomic mass is 16.6. The van der Waals surface area contributed by atoms with Gasteiger partial charge < -0.3 is 19.3 Å². The summed E-state index contributed by atoms with van der Waals surface area (Å²) < 4.78 is 11.1. The number of hydrogen-bond acceptors (Lipinski definition) is 4. The van der Waals surface area contributed by atoms with E-state index in [1.807, 2.05) is 23.1 Å². The summed E-state index contributed by atoms with van der Waals surface area (Å²) in [7, 11) is 0. The Labute approximate surface area is 134 Å². The van der Waals surface area contributed by atoms with Crippen LogP contribution in [0.4, 0.5) is 5.69 Å². The molecular weight excluding hydrogens is 296 g/mol. The lowest BCUT2D eigenvalue weighted by Gasteiger charge is -2.23. The van der Waals surface area contributed by atoms with Gasteiger partial charge in [-0.25, -0.2) is 0 Å². The van der Waals surface area contributed by atoms with Crippen molar-refractivity contribution in [3.05, 3.63) is 18.2 Å². The molecule has 0 radical (unpaired) electrons. The molecule has 1 unspecified atom stereocenters. The normalized spacial score (nSPS) is 23.5. The molecule has 23 heavy (non-hydrogen) atoms. The van der Waals surface area contributed by atoms with E-state index in [0.29, 0.717) is 37.7 Å². The molecule has 4 rings (SSSR count). The molecule has 6 nitrogen and oxygen atoms in total. The molecule has 2 saturated heterocycles. The van der Waals surface area contributed by atoms with Gasteiger partial charge in [-0.05, 0) is 25.0 Å². The number of carbonyl (C=O) groups is 2. The van der Waals surface area contributed by atoms with Gasteiger partial charge in [0.25, 0.3) is 0 Å². The van der Waals surface area contributed by atoms with E-state index in [2.05, 4.69) is 0 Å². The number of rotatable bonds is 2. The van der Waals surface area contributed by atoms with Crippen LogP contribution >= 0.6 is 0 Å². The number of anilines is 1. The molecule has 122 valence electrons. The minimum absolute atomic E-state index is 0.000718. The quantitative estimate of drug-likeness (QED) is 0.828. The maximum atomic E-state index is 12.5. The summed E-state index contributed by atoms with van der Waals surface area (Å²) in [6, 6.07) is 5.51. The minimum atomic E-state index is -0.228. The first-order valence-electron chi connectivity index (χ1n) is 8.21. The van der Waals surface area contributed by atoms with E-state index in [9.17, 15) is 9.59 Å². The maximum Gasteiger partial charge on any atom is 0.228 e. The number of ether oxygens (including phenoxy) is 2. The lowest BCUT2D eigenvalue weighted by atomic mass is 10.1. The Hall–Kier alpha value is -2.24. The number of likely N-dealkylation sites (tertiary alicyclic amines) is 1. The molecule has 1 aromatic rings. The maximum absolute atomic E-state index is 12.5. The van der Waals surface area contributed by atoms with Gasteiger partial charge in [0, 0.05) is 37.8 Å². The zero-order chi connectivity index (χ0) is 15.8. The van der Waals surface area contributed by atoms with Gasteiger partial charge in [0.1, 0.15) is 13.2 Å². The summed E-state index contributed by atoms with van der Waals surface area (Å²) >= 11 is 0. The first kappa shape index (κ1) is 14.4. The van der Waals surface area contributed by atoms with Crippen LogP contribution in [0, 0.1) is 5.92 Å². The number of amides is 2. The third-order valence-electron chi connectivity index (χ3n) is 4.73. The third kappa shape index (κ3) is 2.62. The summed E-state index contributed by atoms with van der Waals surface area (Å²) in [6.07, 6.45) is 2.43. The van der Waals surface area contributed by atoms with Crippen molar-refractivity contribution in [2.24, 2.45) is 5.92 Å². The zero-order valence-corrected chi connectivity index (χ0v) is 13.0. The fraction of sp³-hybridized carbons (Fsp3) is 0.529. The molecule has 3 aliphatic rings. The zero-order valence-electron chi connectivity index (χ0n) is 13.0. The van der Waals surface area contributed by atoms with Crippen LogP contribution in [0.15, 0.2) is 18.2 Å². The van der Waals surface area contributed by atoms with Gasteiger partial charge in [-0.1, -0.05) is 0 Å². The molecule has 1 atom stereocenters. The predicted molar refractivity (Wildman–Crippen MR) is 83.7 cm³/mol. The van der Waals surface area contributed by atoms with Crippen LogP contribution in [-0.4, -0.2) is 49.6 Å². The molecule has 0 aliphatic carbocycles. The molecule has 2 fully saturated rings. The highest BCUT2D eigenvalue weighted by Crippen LogP contribution is 2.36. The molecule has 0 saturated carbocycles. The second kappa shape index (κ2) is 5.76. The largest absolute Gasteiger partial charge is 0.486 e. The van der Waals surface area contributed by atoms with Crippen molar-refractivity contribution in [3.8, 4) is 11.5 Å². The molecular formula is C17H20N2O4. The average Bonchev–Trinajstić information content (AvgIpc) is 3.23. The van der Waals surface area contributed by atoms with E-state index < -0.39 is 0 Å². The summed E-state index contributed by atoms with van der Waals surface area (Å²) in [5.74, 6) is 1.26. The van der Waals surface area contributed by atoms with E-state index in [4.69, 9.17) is 9.47 Å². The lowest BCUT2D eigenvalue weighted by Crippen LogP contribution is -2.35. The molecule has 3 aliphatic heterocycles. The van der Waals surface area contributed by atoms with E-state index in [-0.39, 0.29) is 17.7 Å². The Balaban J connectivity index is 1.51. The standard InChI is InChI=1S/C17H20N2O4/c20-16-9-12(17(21)18-5-1-2-6-18)11-19(16)13-3-4-14-15(10-13)23-8-7-22-14/h3-4,10,12H,1-2,5-9,11H2. The Bertz CT molecular complexity index is 639. The molecule has 6 heteroatoms. The van der Waals surface area contributed by atoms with Gasteiger partial charge in [-0.2, -0.15) is 0 Å². The van der Waals surface area contributed by atoms with Crippen LogP contribution in [0.2, 0.25) is 0 Å². The van der Waals surface area contributed by atoms with Gasteiger partial charge >= 0.3 is 0 Å². The van der Waals surface area contributed by atoms with Crippen LogP contribution < -0.4 is 14.4 Å². The number of fused-ring (bicyclic) bond motifs is 1. The third-order valence-corrected chi connectivity index (χ3v) is 4.73. The van der Waals surface area contributed by atoms with Crippen molar-refractivity contribution in [1.82, 2.24) is 4.90 Å². The molecule has 3 heterocycles. The van der Waals surface area contributed by atoms with Gasteiger partial charge in [0.2, 0.25) is 11.8 Å². The van der Waals surface area contributed by atoms with Gasteiger partial charge in [0.05, 0.1) is 5.92 Å². The number of nitrogens with zero attached hydrogens (tertiary/aromatic N) is 2. The van der Waals surface area contributed by atoms with Crippen molar-refractivity contribution in [2.45, 2.75) is 19.3 Å². The molecule has 1 aromatic carbocycles. The summed E-state index contributed by atoms with van der Waals surface area (Å²) in [4.78, 5) is 28.4. The van der Waals surface area contributed by atoms with Gasteiger partial charge in [0.15, 0.2) is 11.5 Å². The molecule has 0 N–H and O–H groups in total. The smallest absolute Gasteiger partial charge is 0.228 e. The van der Waals surface area contributed by atoms with Crippen molar-refractivity contribution < 1.29 is 19.1 Å². The van der Waals surface area contributed by atoms with Crippen molar-refractivity contribution >= 4 is 17.5 Å². The molecule has 0 aromatic heterocycles. The van der Waals surface area contributed by atoms with Gasteiger partial charge in [-0.3, -0.25) is 9.59 Å². The average molecular weight is 316 g/mol. The Kier molecular flexibility index (Phi) is 3.59. The topological polar surface area (TPSA) is 59.1 Å². The molecule has 0 bridgehead atoms. The summed E-state index contributed by atoms with van der Waals surface area (Å²) in [5, 5.41) is 0. The van der Waals surface area contributed by atoms with E-state index in [1.165, 1.54) is 0 Å². The predicted octanol–water partition coefficient (Wildman–Crippen LogP) is 1.43. The first-order valence-corrected chi connectivity index (χ1v) is 8.21. The SMILES string of the molecule is O=C(C1CC(=O)N(c2ccc3c(c2)OCCO3)C1)N1CCCC1. The van der Waals surface area contributed by atoms with Crippen LogP contribution in [-0.2, 0) is 9.59 Å². The van der Waals surface area contributed by atoms with Crippen molar-refractivity contribution in [3.63, 3.8) is 0 Å². The van der Waals surface area contributed by atoms with Crippen molar-refractivity contribution in [1.29, 1.82) is 0 Å². The molecule has 0 spiro atoms. The fourth-order valence-corrected chi connectivity index (χ4v) is 3.52. The van der Waals surface area contributed by atoms with Crippen LogP contribution in [0.1, 0.15) is 19.3 Å². The second-order valence-corrected chi connectivity index (χ2v) is 6.27. The highest BCUT2D eigenvalue weighted by molar-refractivity contribution is 6.00. The summed E-state index contributed by atoms with van der Waals surface area (Å²) in [6.45, 7) is 3.16. The van der Waals surface area contributed by atoms with Crippen LogP contribution in [0.25, 0.3) is 0 Å². The molecule has 2 amide bonds. The number of carbonyl (C=O) groups excluding carboxylic acids is 2. The van der Waals surface area contributed by atoms with E-state index >= 15 is 0 Å². The second-order valence-electron chi connectivity index (χ2n) is 6.27. The Morgan fingerprint density at radius 3 is 2.61 bits per heavy atom. The van der Waals surface area contributed by atoms with E-state index in [1.54, 1.807) is 4.90 Å². The van der Waals surface area contributed by atoms with Crippen molar-refractivity contribution in [2.75, 3.05) is 37.7 Å². The fourth-order valence-electron chi connectivity index (χ4n) is 3.52. The number of hydrogen-bond donors (Lipinski definition) is 0. The highest BCUT2D eigenvalue weighted by Gasteiger charge is 2.38. The first-order chi connectivity index (χ1) is 11.2.